The van der Waals surface area contributed by atoms with Gasteiger partial charge in [-0.2, -0.15) is 0 Å². The highest BCUT2D eigenvalue weighted by atomic mass is 16.6. The molecule has 0 unspecified atom stereocenters. The molecule has 0 radical (unpaired) electrons. The molecule has 0 spiro atoms. The number of rotatable bonds is 6. The second kappa shape index (κ2) is 8.08. The number of hydrogen-bond acceptors (Lipinski definition) is 7. The molecule has 0 N–H and O–H groups in total. The molecule has 9 heteroatoms. The molecule has 0 amide bonds. The third kappa shape index (κ3) is 3.37. The molecule has 9 nitrogen and oxygen atoms in total. The van der Waals surface area contributed by atoms with Crippen LogP contribution in [0.4, 0.5) is 0 Å². The van der Waals surface area contributed by atoms with E-state index in [-0.39, 0.29) is 27.6 Å². The van der Waals surface area contributed by atoms with Gasteiger partial charge < -0.3 is 14.4 Å². The summed E-state index contributed by atoms with van der Waals surface area (Å²) in [6, 6.07) is -0.623. The van der Waals surface area contributed by atoms with E-state index < -0.39 is 11.6 Å². The van der Waals surface area contributed by atoms with Crippen LogP contribution < -0.4 is 0 Å². The first-order valence-electron chi connectivity index (χ1n) is 11.0. The van der Waals surface area contributed by atoms with Gasteiger partial charge in [-0.15, -0.1) is 0 Å². The van der Waals surface area contributed by atoms with Crippen molar-refractivity contribution in [2.75, 3.05) is 32.9 Å². The van der Waals surface area contributed by atoms with E-state index in [9.17, 15) is 20.2 Å². The van der Waals surface area contributed by atoms with Crippen molar-refractivity contribution < 1.29 is 19.3 Å². The maximum Gasteiger partial charge on any atom is 0.232 e. The van der Waals surface area contributed by atoms with Crippen molar-refractivity contribution in [3.63, 3.8) is 0 Å². The summed E-state index contributed by atoms with van der Waals surface area (Å²) in [6.45, 7) is 4.95. The van der Waals surface area contributed by atoms with Gasteiger partial charge in [0.15, 0.2) is 0 Å². The first-order chi connectivity index (χ1) is 14.0. The van der Waals surface area contributed by atoms with E-state index in [2.05, 4.69) is 4.90 Å². The number of allylic oxidation sites excluding steroid dienone is 1. The molecule has 0 aromatic rings. The van der Waals surface area contributed by atoms with E-state index in [0.717, 1.165) is 31.4 Å². The van der Waals surface area contributed by atoms with Crippen molar-refractivity contribution in [3.05, 3.63) is 31.7 Å². The lowest BCUT2D eigenvalue weighted by Crippen LogP contribution is -2.55. The maximum absolute atomic E-state index is 12.3. The summed E-state index contributed by atoms with van der Waals surface area (Å²) in [6.07, 6.45) is 4.53. The topological polar surface area (TPSA) is 108 Å². The van der Waals surface area contributed by atoms with Gasteiger partial charge in [-0.1, -0.05) is 0 Å². The highest BCUT2D eigenvalue weighted by molar-refractivity contribution is 5.25. The first kappa shape index (κ1) is 20.4. The fourth-order valence-corrected chi connectivity index (χ4v) is 6.49. The Labute approximate surface area is 170 Å². The van der Waals surface area contributed by atoms with Crippen LogP contribution in [0.3, 0.4) is 0 Å². The van der Waals surface area contributed by atoms with Gasteiger partial charge in [0.25, 0.3) is 0 Å². The van der Waals surface area contributed by atoms with Crippen LogP contribution in [-0.4, -0.2) is 59.2 Å². The summed E-state index contributed by atoms with van der Waals surface area (Å²) >= 11 is 0. The van der Waals surface area contributed by atoms with Crippen LogP contribution in [0.25, 0.3) is 0 Å². The van der Waals surface area contributed by atoms with Gasteiger partial charge in [-0.25, -0.2) is 0 Å². The van der Waals surface area contributed by atoms with E-state index in [4.69, 9.17) is 9.47 Å². The maximum atomic E-state index is 12.3. The third-order valence-electron chi connectivity index (χ3n) is 7.61. The minimum atomic E-state index is -1.05. The van der Waals surface area contributed by atoms with E-state index in [1.807, 2.05) is 6.92 Å². The van der Waals surface area contributed by atoms with Gasteiger partial charge in [0.1, 0.15) is 5.76 Å². The first-order valence-corrected chi connectivity index (χ1v) is 11.0. The predicted molar refractivity (Wildman–Crippen MR) is 104 cm³/mol. The molecule has 1 saturated heterocycles. The predicted octanol–water partition coefficient (Wildman–Crippen LogP) is 2.85. The fourth-order valence-electron chi connectivity index (χ4n) is 6.49. The average Bonchev–Trinajstić information content (AvgIpc) is 3.35. The lowest BCUT2D eigenvalue weighted by atomic mass is 9.64. The summed E-state index contributed by atoms with van der Waals surface area (Å²) in [5.41, 5.74) is -0.0346. The molecule has 3 fully saturated rings. The Morgan fingerprint density at radius 2 is 1.93 bits per heavy atom. The largest absolute Gasteiger partial charge is 0.496 e. The molecule has 3 aliphatic carbocycles. The second-order valence-electron chi connectivity index (χ2n) is 8.85. The third-order valence-corrected chi connectivity index (χ3v) is 7.61. The molecule has 0 aromatic carbocycles. The lowest BCUT2D eigenvalue weighted by Gasteiger charge is -2.47. The van der Waals surface area contributed by atoms with Crippen molar-refractivity contribution in [1.29, 1.82) is 0 Å². The number of morpholine rings is 1. The highest BCUT2D eigenvalue weighted by Crippen LogP contribution is 2.57. The van der Waals surface area contributed by atoms with Gasteiger partial charge >= 0.3 is 0 Å². The van der Waals surface area contributed by atoms with Crippen molar-refractivity contribution in [2.24, 2.45) is 17.8 Å². The molecule has 0 aromatic heterocycles. The molecule has 0 bridgehead atoms. The Morgan fingerprint density at radius 1 is 1.17 bits per heavy atom. The van der Waals surface area contributed by atoms with E-state index in [1.165, 1.54) is 0 Å². The standard InChI is InChI=1S/C20H31N3O6/c1-2-29-17-13-20(23(26)27)8-4-6-15(20)18(14-5-3-7-16(14)22(24)25)19(17)21-9-11-28-12-10-21/h14-16,18H,2-13H2,1H3/t14-,15-,16-,18+,20-/m0/s1. The number of fused-ring (bicyclic) bond motifs is 1. The van der Waals surface area contributed by atoms with Crippen molar-refractivity contribution >= 4 is 0 Å². The van der Waals surface area contributed by atoms with Crippen LogP contribution in [0, 0.1) is 38.0 Å². The Bertz CT molecular complexity index is 692. The van der Waals surface area contributed by atoms with E-state index in [0.29, 0.717) is 57.9 Å². The van der Waals surface area contributed by atoms with Gasteiger partial charge in [-0.3, -0.25) is 20.2 Å². The number of nitrogens with zero attached hydrogens (tertiary/aromatic N) is 3. The van der Waals surface area contributed by atoms with Crippen molar-refractivity contribution in [3.8, 4) is 0 Å². The Balaban J connectivity index is 1.83. The quantitative estimate of drug-likeness (QED) is 0.490. The molecular formula is C20H31N3O6. The van der Waals surface area contributed by atoms with Crippen molar-refractivity contribution in [2.45, 2.75) is 63.5 Å². The molecule has 1 aliphatic heterocycles. The van der Waals surface area contributed by atoms with Gasteiger partial charge in [0.2, 0.25) is 11.6 Å². The Morgan fingerprint density at radius 3 is 2.59 bits per heavy atom. The summed E-state index contributed by atoms with van der Waals surface area (Å²) < 4.78 is 11.6. The molecule has 5 atom stereocenters. The molecule has 2 saturated carbocycles. The van der Waals surface area contributed by atoms with Gasteiger partial charge in [0, 0.05) is 53.5 Å². The summed E-state index contributed by atoms with van der Waals surface area (Å²) in [4.78, 5) is 26.2. The van der Waals surface area contributed by atoms with Crippen LogP contribution in [0.1, 0.15) is 51.9 Å². The van der Waals surface area contributed by atoms with E-state index >= 15 is 0 Å². The van der Waals surface area contributed by atoms with Gasteiger partial charge in [-0.05, 0) is 32.6 Å². The second-order valence-corrected chi connectivity index (χ2v) is 8.85. The minimum absolute atomic E-state index is 0.0943. The highest BCUT2D eigenvalue weighted by Gasteiger charge is 2.64. The molecule has 1 heterocycles. The lowest BCUT2D eigenvalue weighted by molar-refractivity contribution is -0.583. The van der Waals surface area contributed by atoms with Crippen LogP contribution in [0.15, 0.2) is 11.5 Å². The average molecular weight is 409 g/mol. The summed E-state index contributed by atoms with van der Waals surface area (Å²) in [5, 5.41) is 24.2. The zero-order valence-corrected chi connectivity index (χ0v) is 17.1. The molecule has 29 heavy (non-hydrogen) atoms. The van der Waals surface area contributed by atoms with E-state index in [1.54, 1.807) is 0 Å². The van der Waals surface area contributed by atoms with Crippen LogP contribution in [0.5, 0.6) is 0 Å². The summed E-state index contributed by atoms with van der Waals surface area (Å²) in [5.74, 6) is 0.184. The Hall–Kier alpha value is -1.90. The Kier molecular flexibility index (Phi) is 5.68. The zero-order valence-electron chi connectivity index (χ0n) is 17.1. The number of hydrogen-bond donors (Lipinski definition) is 0. The normalized spacial score (nSPS) is 37.5. The smallest absolute Gasteiger partial charge is 0.232 e. The fraction of sp³-hybridized carbons (Fsp3) is 0.900. The molecule has 4 rings (SSSR count). The van der Waals surface area contributed by atoms with Crippen molar-refractivity contribution in [1.82, 2.24) is 4.90 Å². The van der Waals surface area contributed by atoms with Gasteiger partial charge in [0.05, 0.1) is 31.9 Å². The number of nitro groups is 2. The minimum Gasteiger partial charge on any atom is -0.496 e. The van der Waals surface area contributed by atoms with Crippen LogP contribution in [0.2, 0.25) is 0 Å². The SMILES string of the molecule is CCOC1=C(N2CCOCC2)[C@H]([C@H]2CCC[C@@H]2[N+](=O)[O-])[C@@H]2CCC[C@]2([N+](=O)[O-])C1. The molecular weight excluding hydrogens is 378 g/mol. The number of ether oxygens (including phenoxy) is 2. The molecule has 4 aliphatic rings. The van der Waals surface area contributed by atoms with Crippen LogP contribution in [-0.2, 0) is 9.47 Å². The monoisotopic (exact) mass is 409 g/mol. The zero-order chi connectivity index (χ0) is 20.6. The molecule has 162 valence electrons. The van der Waals surface area contributed by atoms with Crippen LogP contribution >= 0.6 is 0 Å². The summed E-state index contributed by atoms with van der Waals surface area (Å²) in [7, 11) is 0.